The van der Waals surface area contributed by atoms with Crippen molar-refractivity contribution in [2.75, 3.05) is 6.61 Å². The van der Waals surface area contributed by atoms with Gasteiger partial charge in [0.2, 0.25) is 0 Å². The van der Waals surface area contributed by atoms with E-state index in [0.29, 0.717) is 29.8 Å². The van der Waals surface area contributed by atoms with E-state index in [-0.39, 0.29) is 39.1 Å². The maximum Gasteiger partial charge on any atom is 0.302 e. The van der Waals surface area contributed by atoms with E-state index in [0.717, 1.165) is 12.8 Å². The van der Waals surface area contributed by atoms with Crippen molar-refractivity contribution in [3.8, 4) is 0 Å². The zero-order valence-corrected chi connectivity index (χ0v) is 23.9. The minimum Gasteiger partial charge on any atom is -0.462 e. The van der Waals surface area contributed by atoms with Crippen LogP contribution in [0.3, 0.4) is 0 Å². The Morgan fingerprint density at radius 2 is 1.63 bits per heavy atom. The normalized spacial score (nSPS) is 50.0. The molecule has 0 radical (unpaired) electrons. The first kappa shape index (κ1) is 25.8. The van der Waals surface area contributed by atoms with Gasteiger partial charge in [-0.1, -0.05) is 60.1 Å². The second kappa shape index (κ2) is 7.84. The molecule has 35 heavy (non-hydrogen) atoms. The SMILES string of the molecule is CC(=O)O[C@H]1CC[C@@]2(C)C(CC[C@]3(C)[C@@H]2CC=C2[C@@H]4CC(C)(C)CC[C@]4(CO)CC[C@]23C)C1(C)C. The third-order valence-electron chi connectivity index (χ3n) is 13.4. The van der Waals surface area contributed by atoms with Crippen LogP contribution in [0.15, 0.2) is 11.6 Å². The molecule has 0 aromatic rings. The Labute approximate surface area is 214 Å². The molecular formula is C32H52O3. The van der Waals surface area contributed by atoms with Crippen LogP contribution >= 0.6 is 0 Å². The third kappa shape index (κ3) is 3.41. The predicted octanol–water partition coefficient (Wildman–Crippen LogP) is 7.71. The molecular weight excluding hydrogens is 432 g/mol. The lowest BCUT2D eigenvalue weighted by Gasteiger charge is -2.71. The Morgan fingerprint density at radius 3 is 2.29 bits per heavy atom. The first-order valence-electron chi connectivity index (χ1n) is 14.6. The molecule has 0 amide bonds. The summed E-state index contributed by atoms with van der Waals surface area (Å²) in [5.74, 6) is 1.65. The van der Waals surface area contributed by atoms with Gasteiger partial charge in [-0.25, -0.2) is 0 Å². The summed E-state index contributed by atoms with van der Waals surface area (Å²) in [6, 6.07) is 0. The molecule has 0 aliphatic heterocycles. The van der Waals surface area contributed by atoms with Crippen LogP contribution in [0.2, 0.25) is 0 Å². The number of ether oxygens (including phenoxy) is 1. The predicted molar refractivity (Wildman–Crippen MR) is 142 cm³/mol. The lowest BCUT2D eigenvalue weighted by atomic mass is 9.33. The van der Waals surface area contributed by atoms with E-state index in [1.165, 1.54) is 51.4 Å². The van der Waals surface area contributed by atoms with Crippen molar-refractivity contribution >= 4 is 5.97 Å². The summed E-state index contributed by atoms with van der Waals surface area (Å²) < 4.78 is 5.89. The molecule has 3 nitrogen and oxygen atoms in total. The molecule has 5 aliphatic rings. The number of aliphatic hydroxyl groups is 1. The van der Waals surface area contributed by atoms with Gasteiger partial charge in [-0.05, 0) is 104 Å². The molecule has 0 saturated heterocycles. The van der Waals surface area contributed by atoms with Gasteiger partial charge in [-0.2, -0.15) is 0 Å². The van der Waals surface area contributed by atoms with Crippen molar-refractivity contribution < 1.29 is 14.6 Å². The van der Waals surface area contributed by atoms with E-state index >= 15 is 0 Å². The number of hydrogen-bond acceptors (Lipinski definition) is 3. The fourth-order valence-electron chi connectivity index (χ4n) is 11.0. The van der Waals surface area contributed by atoms with Gasteiger partial charge in [-0.3, -0.25) is 4.79 Å². The minimum atomic E-state index is -0.130. The fourth-order valence-corrected chi connectivity index (χ4v) is 11.0. The molecule has 3 heteroatoms. The van der Waals surface area contributed by atoms with Gasteiger partial charge in [0.05, 0.1) is 0 Å². The van der Waals surface area contributed by atoms with Crippen LogP contribution in [0.1, 0.15) is 120 Å². The highest BCUT2D eigenvalue weighted by Crippen LogP contribution is 2.75. The van der Waals surface area contributed by atoms with Gasteiger partial charge in [0.1, 0.15) is 6.10 Å². The lowest BCUT2D eigenvalue weighted by molar-refractivity contribution is -0.213. The van der Waals surface area contributed by atoms with Crippen LogP contribution in [0, 0.1) is 50.2 Å². The minimum absolute atomic E-state index is 0.0108. The summed E-state index contributed by atoms with van der Waals surface area (Å²) in [5.41, 5.74) is 2.98. The Bertz CT molecular complexity index is 916. The zero-order valence-electron chi connectivity index (χ0n) is 23.9. The summed E-state index contributed by atoms with van der Waals surface area (Å²) in [4.78, 5) is 11.9. The van der Waals surface area contributed by atoms with Crippen LogP contribution in [0.5, 0.6) is 0 Å². The number of aliphatic hydroxyl groups excluding tert-OH is 1. The summed E-state index contributed by atoms with van der Waals surface area (Å²) >= 11 is 0. The molecule has 0 aromatic carbocycles. The largest absolute Gasteiger partial charge is 0.462 e. The number of esters is 1. The number of allylic oxidation sites excluding steroid dienone is 2. The molecule has 4 fully saturated rings. The smallest absolute Gasteiger partial charge is 0.302 e. The van der Waals surface area contributed by atoms with E-state index in [1.807, 2.05) is 0 Å². The van der Waals surface area contributed by atoms with E-state index in [1.54, 1.807) is 12.5 Å². The van der Waals surface area contributed by atoms with Gasteiger partial charge in [0.15, 0.2) is 0 Å². The summed E-state index contributed by atoms with van der Waals surface area (Å²) in [5, 5.41) is 10.7. The van der Waals surface area contributed by atoms with Crippen molar-refractivity contribution in [1.29, 1.82) is 0 Å². The molecule has 1 unspecified atom stereocenters. The van der Waals surface area contributed by atoms with Crippen molar-refractivity contribution in [3.05, 3.63) is 11.6 Å². The maximum atomic E-state index is 11.9. The second-order valence-corrected chi connectivity index (χ2v) is 15.7. The molecule has 198 valence electrons. The average molecular weight is 485 g/mol. The molecule has 0 aromatic heterocycles. The van der Waals surface area contributed by atoms with Crippen LogP contribution in [0.4, 0.5) is 0 Å². The number of rotatable bonds is 2. The Hall–Kier alpha value is -0.830. The first-order valence-corrected chi connectivity index (χ1v) is 14.6. The molecule has 5 rings (SSSR count). The van der Waals surface area contributed by atoms with Gasteiger partial charge in [0.25, 0.3) is 0 Å². The highest BCUT2D eigenvalue weighted by Gasteiger charge is 2.68. The van der Waals surface area contributed by atoms with Gasteiger partial charge < -0.3 is 9.84 Å². The summed E-state index contributed by atoms with van der Waals surface area (Å²) in [7, 11) is 0. The molecule has 4 saturated carbocycles. The van der Waals surface area contributed by atoms with Gasteiger partial charge in [0, 0.05) is 24.4 Å². The van der Waals surface area contributed by atoms with Crippen LogP contribution in [-0.2, 0) is 9.53 Å². The monoisotopic (exact) mass is 484 g/mol. The van der Waals surface area contributed by atoms with Crippen molar-refractivity contribution in [2.45, 2.75) is 126 Å². The zero-order chi connectivity index (χ0) is 25.7. The molecule has 5 aliphatic carbocycles. The van der Waals surface area contributed by atoms with Crippen LogP contribution in [-0.4, -0.2) is 23.8 Å². The van der Waals surface area contributed by atoms with E-state index < -0.39 is 0 Å². The first-order chi connectivity index (χ1) is 16.2. The number of hydrogen-bond donors (Lipinski definition) is 1. The summed E-state index contributed by atoms with van der Waals surface area (Å²) in [6.45, 7) is 19.4. The molecule has 0 spiro atoms. The standard InChI is InChI=1S/C32H52O3/c1-21(34)35-26-12-13-29(6)24(28(26,4)5)11-14-31(8)25(29)10-9-22-23-19-27(2,3)15-17-32(23,20-33)18-16-30(22,31)7/h9,23-26,33H,10-20H2,1-8H3/t23-,24?,25+,26-,29-,30+,31+,32+/m0/s1. The van der Waals surface area contributed by atoms with Crippen molar-refractivity contribution in [3.63, 3.8) is 0 Å². The Balaban J connectivity index is 1.53. The van der Waals surface area contributed by atoms with Crippen LogP contribution < -0.4 is 0 Å². The molecule has 0 bridgehead atoms. The maximum absolute atomic E-state index is 11.9. The third-order valence-corrected chi connectivity index (χ3v) is 13.4. The van der Waals surface area contributed by atoms with E-state index in [4.69, 9.17) is 4.74 Å². The van der Waals surface area contributed by atoms with Gasteiger partial charge >= 0.3 is 5.97 Å². The number of carbonyl (C=O) groups excluding carboxylic acids is 1. The molecule has 1 N–H and O–H groups in total. The number of fused-ring (bicyclic) bond motifs is 7. The number of carbonyl (C=O) groups is 1. The lowest BCUT2D eigenvalue weighted by Crippen LogP contribution is -2.65. The average Bonchev–Trinajstić information content (AvgIpc) is 2.76. The Morgan fingerprint density at radius 1 is 0.943 bits per heavy atom. The van der Waals surface area contributed by atoms with Gasteiger partial charge in [-0.15, -0.1) is 0 Å². The van der Waals surface area contributed by atoms with Crippen LogP contribution in [0.25, 0.3) is 0 Å². The quantitative estimate of drug-likeness (QED) is 0.322. The fraction of sp³-hybridized carbons (Fsp3) is 0.906. The highest BCUT2D eigenvalue weighted by molar-refractivity contribution is 5.66. The van der Waals surface area contributed by atoms with E-state index in [2.05, 4.69) is 54.5 Å². The highest BCUT2D eigenvalue weighted by atomic mass is 16.5. The topological polar surface area (TPSA) is 46.5 Å². The Kier molecular flexibility index (Phi) is 5.78. The van der Waals surface area contributed by atoms with E-state index in [9.17, 15) is 9.90 Å². The van der Waals surface area contributed by atoms with Crippen molar-refractivity contribution in [2.24, 2.45) is 50.2 Å². The molecule has 0 heterocycles. The summed E-state index contributed by atoms with van der Waals surface area (Å²) in [6.07, 6.45) is 14.6. The second-order valence-electron chi connectivity index (χ2n) is 15.7. The van der Waals surface area contributed by atoms with Crippen molar-refractivity contribution in [1.82, 2.24) is 0 Å². The molecule has 8 atom stereocenters.